The zero-order valence-electron chi connectivity index (χ0n) is 17.0. The van der Waals surface area contributed by atoms with Gasteiger partial charge in [0.15, 0.2) is 0 Å². The summed E-state index contributed by atoms with van der Waals surface area (Å²) < 4.78 is 4.93. The Labute approximate surface area is 174 Å². The first-order chi connectivity index (χ1) is 14.3. The number of imide groups is 1. The summed E-state index contributed by atoms with van der Waals surface area (Å²) in [7, 11) is 3.34. The van der Waals surface area contributed by atoms with Crippen LogP contribution in [0.5, 0.6) is 0 Å². The molecule has 3 amide bonds. The van der Waals surface area contributed by atoms with Crippen molar-refractivity contribution in [1.82, 2.24) is 4.90 Å². The summed E-state index contributed by atoms with van der Waals surface area (Å²) in [6, 6.07) is 12.2. The fourth-order valence-electron chi connectivity index (χ4n) is 3.15. The molecular formula is C22H23N3O5. The van der Waals surface area contributed by atoms with Crippen molar-refractivity contribution in [2.24, 2.45) is 0 Å². The van der Waals surface area contributed by atoms with Gasteiger partial charge in [0.1, 0.15) is 6.04 Å². The monoisotopic (exact) mass is 409 g/mol. The van der Waals surface area contributed by atoms with Gasteiger partial charge in [-0.1, -0.05) is 0 Å². The second-order valence-corrected chi connectivity index (χ2v) is 7.01. The van der Waals surface area contributed by atoms with Gasteiger partial charge in [-0.25, -0.2) is 9.69 Å². The van der Waals surface area contributed by atoms with Gasteiger partial charge < -0.3 is 15.0 Å². The Morgan fingerprint density at radius 1 is 1.03 bits per heavy atom. The summed E-state index contributed by atoms with van der Waals surface area (Å²) in [5, 5.41) is 3.05. The molecule has 1 fully saturated rings. The molecule has 1 saturated heterocycles. The molecule has 0 saturated carbocycles. The number of esters is 1. The van der Waals surface area contributed by atoms with E-state index in [1.165, 1.54) is 17.0 Å². The number of benzene rings is 2. The van der Waals surface area contributed by atoms with Crippen molar-refractivity contribution in [3.05, 3.63) is 59.7 Å². The van der Waals surface area contributed by atoms with Crippen molar-refractivity contribution in [3.8, 4) is 0 Å². The molecule has 0 bridgehead atoms. The first kappa shape index (κ1) is 21.0. The predicted molar refractivity (Wildman–Crippen MR) is 111 cm³/mol. The first-order valence-corrected chi connectivity index (χ1v) is 9.54. The number of carbonyl (C=O) groups excluding carboxylic acids is 4. The van der Waals surface area contributed by atoms with E-state index >= 15 is 0 Å². The van der Waals surface area contributed by atoms with Crippen molar-refractivity contribution in [1.29, 1.82) is 0 Å². The van der Waals surface area contributed by atoms with Crippen LogP contribution in [0.15, 0.2) is 48.5 Å². The third-order valence-electron chi connectivity index (χ3n) is 4.66. The number of hydrogen-bond acceptors (Lipinski definition) is 6. The third-order valence-corrected chi connectivity index (χ3v) is 4.66. The number of nitrogens with zero attached hydrogens (tertiary/aromatic N) is 2. The highest BCUT2D eigenvalue weighted by Gasteiger charge is 2.39. The second kappa shape index (κ2) is 8.77. The van der Waals surface area contributed by atoms with E-state index in [0.717, 1.165) is 4.90 Å². The molecule has 1 aliphatic heterocycles. The van der Waals surface area contributed by atoms with E-state index in [0.29, 0.717) is 22.5 Å². The topological polar surface area (TPSA) is 96.0 Å². The maximum atomic E-state index is 12.8. The van der Waals surface area contributed by atoms with E-state index in [1.807, 2.05) is 0 Å². The summed E-state index contributed by atoms with van der Waals surface area (Å²) in [4.78, 5) is 51.6. The number of amides is 3. The van der Waals surface area contributed by atoms with E-state index < -0.39 is 12.0 Å². The van der Waals surface area contributed by atoms with E-state index in [1.54, 1.807) is 57.4 Å². The maximum Gasteiger partial charge on any atom is 0.338 e. The number of ether oxygens (including phenoxy) is 1. The van der Waals surface area contributed by atoms with Gasteiger partial charge in [-0.15, -0.1) is 0 Å². The molecular weight excluding hydrogens is 386 g/mol. The van der Waals surface area contributed by atoms with Crippen LogP contribution < -0.4 is 10.2 Å². The molecule has 8 heteroatoms. The second-order valence-electron chi connectivity index (χ2n) is 7.01. The molecule has 0 aromatic heterocycles. The molecule has 156 valence electrons. The fourth-order valence-corrected chi connectivity index (χ4v) is 3.15. The zero-order chi connectivity index (χ0) is 21.8. The quantitative estimate of drug-likeness (QED) is 0.581. The summed E-state index contributed by atoms with van der Waals surface area (Å²) >= 11 is 0. The fraction of sp³-hybridized carbons (Fsp3) is 0.273. The minimum atomic E-state index is -0.711. The normalized spacial score (nSPS) is 15.8. The SMILES string of the molecule is CCOC(=O)c1ccc(N2C(=O)CC(Nc3ccc(C(=O)N(C)C)cc3)C2=O)cc1. The van der Waals surface area contributed by atoms with Crippen LogP contribution in [0.2, 0.25) is 0 Å². The molecule has 0 radical (unpaired) electrons. The Morgan fingerprint density at radius 2 is 1.63 bits per heavy atom. The Hall–Kier alpha value is -3.68. The molecule has 3 rings (SSSR count). The van der Waals surface area contributed by atoms with E-state index in [4.69, 9.17) is 4.74 Å². The summed E-state index contributed by atoms with van der Waals surface area (Å²) in [6.45, 7) is 1.98. The van der Waals surface area contributed by atoms with Gasteiger partial charge in [0.2, 0.25) is 5.91 Å². The van der Waals surface area contributed by atoms with Gasteiger partial charge in [0.25, 0.3) is 11.8 Å². The lowest BCUT2D eigenvalue weighted by Crippen LogP contribution is -2.34. The van der Waals surface area contributed by atoms with Crippen molar-refractivity contribution in [3.63, 3.8) is 0 Å². The lowest BCUT2D eigenvalue weighted by Gasteiger charge is -2.17. The van der Waals surface area contributed by atoms with Gasteiger partial charge in [-0.05, 0) is 55.5 Å². The van der Waals surface area contributed by atoms with Crippen LogP contribution in [0.25, 0.3) is 0 Å². The molecule has 0 aliphatic carbocycles. The predicted octanol–water partition coefficient (Wildman–Crippen LogP) is 2.31. The van der Waals surface area contributed by atoms with Crippen molar-refractivity contribution in [2.45, 2.75) is 19.4 Å². The third kappa shape index (κ3) is 4.32. The average Bonchev–Trinajstić information content (AvgIpc) is 3.01. The van der Waals surface area contributed by atoms with Crippen LogP contribution in [-0.4, -0.2) is 55.3 Å². The van der Waals surface area contributed by atoms with E-state index in [2.05, 4.69) is 5.32 Å². The number of hydrogen-bond donors (Lipinski definition) is 1. The van der Waals surface area contributed by atoms with Crippen molar-refractivity contribution in [2.75, 3.05) is 30.9 Å². The van der Waals surface area contributed by atoms with Crippen LogP contribution in [0.1, 0.15) is 34.1 Å². The Morgan fingerprint density at radius 3 is 2.20 bits per heavy atom. The number of nitrogens with one attached hydrogen (secondary N) is 1. The highest BCUT2D eigenvalue weighted by Crippen LogP contribution is 2.25. The van der Waals surface area contributed by atoms with Gasteiger partial charge in [0.05, 0.1) is 24.3 Å². The Balaban J connectivity index is 1.70. The average molecular weight is 409 g/mol. The molecule has 0 spiro atoms. The molecule has 1 unspecified atom stereocenters. The van der Waals surface area contributed by atoms with Crippen LogP contribution in [0, 0.1) is 0 Å². The lowest BCUT2D eigenvalue weighted by atomic mass is 10.1. The molecule has 1 aliphatic rings. The van der Waals surface area contributed by atoms with Crippen LogP contribution in [0.4, 0.5) is 11.4 Å². The standard InChI is InChI=1S/C22H23N3O5/c1-4-30-22(29)15-7-11-17(12-8-15)25-19(26)13-18(21(25)28)23-16-9-5-14(6-10-16)20(27)24(2)3/h5-12,18,23H,4,13H2,1-3H3. The number of rotatable bonds is 6. The molecule has 8 nitrogen and oxygen atoms in total. The van der Waals surface area contributed by atoms with Crippen LogP contribution in [0.3, 0.4) is 0 Å². The summed E-state index contributed by atoms with van der Waals surface area (Å²) in [6.07, 6.45) is 0.0108. The zero-order valence-corrected chi connectivity index (χ0v) is 17.0. The van der Waals surface area contributed by atoms with Gasteiger partial charge in [-0.2, -0.15) is 0 Å². The molecule has 1 atom stereocenters. The van der Waals surface area contributed by atoms with E-state index in [-0.39, 0.29) is 30.7 Å². The smallest absolute Gasteiger partial charge is 0.338 e. The molecule has 1 N–H and O–H groups in total. The Kier molecular flexibility index (Phi) is 6.15. The van der Waals surface area contributed by atoms with Crippen LogP contribution >= 0.6 is 0 Å². The number of carbonyl (C=O) groups is 4. The van der Waals surface area contributed by atoms with Gasteiger partial charge in [0, 0.05) is 25.3 Å². The molecule has 1 heterocycles. The maximum absolute atomic E-state index is 12.8. The lowest BCUT2D eigenvalue weighted by molar-refractivity contribution is -0.121. The molecule has 2 aromatic carbocycles. The molecule has 30 heavy (non-hydrogen) atoms. The van der Waals surface area contributed by atoms with Gasteiger partial charge in [-0.3, -0.25) is 14.4 Å². The highest BCUT2D eigenvalue weighted by molar-refractivity contribution is 6.23. The van der Waals surface area contributed by atoms with E-state index in [9.17, 15) is 19.2 Å². The highest BCUT2D eigenvalue weighted by atomic mass is 16.5. The molecule has 2 aromatic rings. The minimum Gasteiger partial charge on any atom is -0.462 e. The summed E-state index contributed by atoms with van der Waals surface area (Å²) in [5.74, 6) is -1.29. The van der Waals surface area contributed by atoms with Crippen molar-refractivity contribution < 1.29 is 23.9 Å². The largest absolute Gasteiger partial charge is 0.462 e. The minimum absolute atomic E-state index is 0.0108. The summed E-state index contributed by atoms with van der Waals surface area (Å²) in [5.41, 5.74) is 1.91. The van der Waals surface area contributed by atoms with Crippen molar-refractivity contribution >= 4 is 35.1 Å². The Bertz CT molecular complexity index is 967. The first-order valence-electron chi connectivity index (χ1n) is 9.54. The number of anilines is 2. The van der Waals surface area contributed by atoms with Gasteiger partial charge >= 0.3 is 5.97 Å². The van der Waals surface area contributed by atoms with Crippen LogP contribution in [-0.2, 0) is 14.3 Å².